The van der Waals surface area contributed by atoms with Crippen LogP contribution in [0.4, 0.5) is 10.2 Å². The first-order valence-electron chi connectivity index (χ1n) is 14.4. The maximum atomic E-state index is 14.6. The number of alkyl halides is 1. The van der Waals surface area contributed by atoms with E-state index in [0.717, 1.165) is 55.3 Å². The number of esters is 1. The van der Waals surface area contributed by atoms with Crippen molar-refractivity contribution in [2.24, 2.45) is 5.92 Å². The average Bonchev–Trinajstić information content (AvgIpc) is 3.35. The van der Waals surface area contributed by atoms with E-state index in [2.05, 4.69) is 55.3 Å². The number of rotatable bonds is 15. The van der Waals surface area contributed by atoms with Crippen molar-refractivity contribution in [3.63, 3.8) is 0 Å². The number of hydrogen-bond donors (Lipinski definition) is 0. The first kappa shape index (κ1) is 31.7. The molecular weight excluding hydrogens is 532 g/mol. The molecule has 2 aromatic rings. The summed E-state index contributed by atoms with van der Waals surface area (Å²) in [7, 11) is -2.41. The van der Waals surface area contributed by atoms with E-state index in [9.17, 15) is 9.18 Å². The predicted octanol–water partition coefficient (Wildman–Crippen LogP) is 6.34. The Balaban J connectivity index is 1.76. The summed E-state index contributed by atoms with van der Waals surface area (Å²) in [5.74, 6) is 0.0465. The van der Waals surface area contributed by atoms with Crippen LogP contribution in [0.25, 0.3) is 5.65 Å². The van der Waals surface area contributed by atoms with Crippen LogP contribution in [-0.4, -0.2) is 76.2 Å². The van der Waals surface area contributed by atoms with Crippen molar-refractivity contribution in [1.29, 1.82) is 0 Å². The van der Waals surface area contributed by atoms with E-state index in [-0.39, 0.29) is 18.4 Å². The van der Waals surface area contributed by atoms with E-state index in [0.29, 0.717) is 26.3 Å². The zero-order valence-electron chi connectivity index (χ0n) is 25.0. The molecule has 1 unspecified atom stereocenters. The topological polar surface area (TPSA) is 78.2 Å². The van der Waals surface area contributed by atoms with Gasteiger partial charge in [-0.3, -0.25) is 0 Å². The number of aromatic nitrogens is 3. The number of nitrogens with zero attached hydrogens (tertiary/aromatic N) is 4. The SMILES string of the molecule is CCOC(=O)C(F)C1CCC(c2cc(N(COCC[Si](C)(C)C)COCC[Si](C)(C)C)n3nccc3n2)CC1. The Labute approximate surface area is 235 Å². The molecule has 39 heavy (non-hydrogen) atoms. The highest BCUT2D eigenvalue weighted by Gasteiger charge is 2.34. The third-order valence-electron chi connectivity index (χ3n) is 7.29. The minimum absolute atomic E-state index is 0.191. The molecule has 0 radical (unpaired) electrons. The molecule has 0 amide bonds. The minimum atomic E-state index is -1.55. The molecule has 0 aliphatic heterocycles. The van der Waals surface area contributed by atoms with E-state index in [1.54, 1.807) is 13.1 Å². The van der Waals surface area contributed by atoms with Gasteiger partial charge in [0.05, 0.1) is 12.8 Å². The van der Waals surface area contributed by atoms with Gasteiger partial charge < -0.3 is 19.1 Å². The van der Waals surface area contributed by atoms with E-state index in [1.807, 2.05) is 10.6 Å². The molecule has 1 aliphatic carbocycles. The van der Waals surface area contributed by atoms with Gasteiger partial charge in [-0.25, -0.2) is 14.2 Å². The molecule has 0 aromatic carbocycles. The lowest BCUT2D eigenvalue weighted by molar-refractivity contribution is -0.151. The van der Waals surface area contributed by atoms with Gasteiger partial charge in [0.15, 0.2) is 11.8 Å². The molecule has 8 nitrogen and oxygen atoms in total. The van der Waals surface area contributed by atoms with Crippen LogP contribution in [0.5, 0.6) is 0 Å². The number of anilines is 1. The van der Waals surface area contributed by atoms with Crippen LogP contribution in [0.3, 0.4) is 0 Å². The standard InChI is InChI=1S/C28H49FN4O4Si2/c1-8-37-28(34)27(29)23-11-9-22(10-12-23)24-19-26(33-25(31-24)13-14-30-33)32(20-35-15-17-38(2,3)4)21-36-16-18-39(5,6)7/h13-14,19,22-23,27H,8-12,15-18,20-21H2,1-7H3. The molecule has 1 fully saturated rings. The van der Waals surface area contributed by atoms with Crippen LogP contribution in [0.2, 0.25) is 51.4 Å². The van der Waals surface area contributed by atoms with Crippen LogP contribution in [0.1, 0.15) is 44.2 Å². The van der Waals surface area contributed by atoms with Gasteiger partial charge in [-0.05, 0) is 44.7 Å². The summed E-state index contributed by atoms with van der Waals surface area (Å²) in [4.78, 5) is 18.9. The van der Waals surface area contributed by atoms with Gasteiger partial charge in [0.25, 0.3) is 0 Å². The fraction of sp³-hybridized carbons (Fsp3) is 0.750. The molecular formula is C28H49FN4O4Si2. The van der Waals surface area contributed by atoms with Gasteiger partial charge in [-0.2, -0.15) is 9.61 Å². The molecule has 0 spiro atoms. The molecule has 0 N–H and O–H groups in total. The van der Waals surface area contributed by atoms with Crippen molar-refractivity contribution in [2.45, 2.75) is 96.1 Å². The Morgan fingerprint density at radius 2 is 1.64 bits per heavy atom. The Hall–Kier alpha value is -1.83. The molecule has 0 bridgehead atoms. The summed E-state index contributed by atoms with van der Waals surface area (Å²) in [6, 6.07) is 6.20. The first-order chi connectivity index (χ1) is 18.4. The molecule has 1 atom stereocenters. The quantitative estimate of drug-likeness (QED) is 0.105. The summed E-state index contributed by atoms with van der Waals surface area (Å²) in [5, 5.41) is 4.55. The van der Waals surface area contributed by atoms with Crippen LogP contribution in [0, 0.1) is 5.92 Å². The second-order valence-corrected chi connectivity index (χ2v) is 24.4. The van der Waals surface area contributed by atoms with Gasteiger partial charge in [-0.1, -0.05) is 39.3 Å². The van der Waals surface area contributed by atoms with E-state index < -0.39 is 28.3 Å². The third kappa shape index (κ3) is 9.95. The Bertz CT molecular complexity index is 1030. The lowest BCUT2D eigenvalue weighted by Crippen LogP contribution is -2.33. The van der Waals surface area contributed by atoms with Crippen molar-refractivity contribution < 1.29 is 23.4 Å². The summed E-state index contributed by atoms with van der Waals surface area (Å²) in [6.45, 7) is 18.3. The number of carbonyl (C=O) groups is 1. The number of carbonyl (C=O) groups excluding carboxylic acids is 1. The maximum Gasteiger partial charge on any atom is 0.341 e. The molecule has 220 valence electrons. The summed E-state index contributed by atoms with van der Waals surface area (Å²) in [6.07, 6.45) is 3.03. The molecule has 1 aliphatic rings. The van der Waals surface area contributed by atoms with Crippen molar-refractivity contribution in [1.82, 2.24) is 14.6 Å². The minimum Gasteiger partial charge on any atom is -0.464 e. The summed E-state index contributed by atoms with van der Waals surface area (Å²) in [5.41, 5.74) is 1.74. The number of halogens is 1. The normalized spacial score (nSPS) is 19.3. The highest BCUT2D eigenvalue weighted by Crippen LogP contribution is 2.38. The van der Waals surface area contributed by atoms with Crippen molar-refractivity contribution in [2.75, 3.05) is 38.2 Å². The van der Waals surface area contributed by atoms with Gasteiger partial charge in [0, 0.05) is 59.0 Å². The smallest absolute Gasteiger partial charge is 0.341 e. The van der Waals surface area contributed by atoms with Crippen molar-refractivity contribution >= 4 is 33.6 Å². The highest BCUT2D eigenvalue weighted by molar-refractivity contribution is 6.76. The molecule has 0 saturated heterocycles. The maximum absolute atomic E-state index is 14.6. The van der Waals surface area contributed by atoms with E-state index in [4.69, 9.17) is 19.2 Å². The molecule has 1 saturated carbocycles. The van der Waals surface area contributed by atoms with Gasteiger partial charge >= 0.3 is 5.97 Å². The Kier molecular flexibility index (Phi) is 11.5. The second-order valence-electron chi connectivity index (χ2n) is 13.1. The number of ether oxygens (including phenoxy) is 3. The molecule has 2 aromatic heterocycles. The van der Waals surface area contributed by atoms with Crippen LogP contribution < -0.4 is 4.90 Å². The second kappa shape index (κ2) is 14.2. The number of hydrogen-bond acceptors (Lipinski definition) is 7. The van der Waals surface area contributed by atoms with E-state index >= 15 is 0 Å². The van der Waals surface area contributed by atoms with Crippen LogP contribution in [0.15, 0.2) is 18.3 Å². The summed E-state index contributed by atoms with van der Waals surface area (Å²) < 4.78 is 33.7. The fourth-order valence-electron chi connectivity index (χ4n) is 4.75. The van der Waals surface area contributed by atoms with Crippen LogP contribution >= 0.6 is 0 Å². The van der Waals surface area contributed by atoms with E-state index in [1.165, 1.54) is 0 Å². The Morgan fingerprint density at radius 3 is 2.18 bits per heavy atom. The Morgan fingerprint density at radius 1 is 1.05 bits per heavy atom. The largest absolute Gasteiger partial charge is 0.464 e. The van der Waals surface area contributed by atoms with Crippen molar-refractivity contribution in [3.8, 4) is 0 Å². The summed E-state index contributed by atoms with van der Waals surface area (Å²) >= 11 is 0. The van der Waals surface area contributed by atoms with Crippen molar-refractivity contribution in [3.05, 3.63) is 24.0 Å². The lowest BCUT2D eigenvalue weighted by atomic mass is 9.78. The van der Waals surface area contributed by atoms with Crippen LogP contribution in [-0.2, 0) is 19.0 Å². The first-order valence-corrected chi connectivity index (χ1v) is 21.8. The fourth-order valence-corrected chi connectivity index (χ4v) is 6.26. The number of fused-ring (bicyclic) bond motifs is 1. The average molecular weight is 581 g/mol. The molecule has 11 heteroatoms. The monoisotopic (exact) mass is 580 g/mol. The zero-order chi connectivity index (χ0) is 28.6. The zero-order valence-corrected chi connectivity index (χ0v) is 27.0. The van der Waals surface area contributed by atoms with Gasteiger partial charge in [0.2, 0.25) is 0 Å². The third-order valence-corrected chi connectivity index (χ3v) is 10.7. The highest BCUT2D eigenvalue weighted by atomic mass is 28.3. The molecule has 2 heterocycles. The van der Waals surface area contributed by atoms with Gasteiger partial charge in [0.1, 0.15) is 19.3 Å². The lowest BCUT2D eigenvalue weighted by Gasteiger charge is -2.30. The predicted molar refractivity (Wildman–Crippen MR) is 160 cm³/mol. The van der Waals surface area contributed by atoms with Gasteiger partial charge in [-0.15, -0.1) is 0 Å². The molecule has 3 rings (SSSR count).